The van der Waals surface area contributed by atoms with Crippen LogP contribution in [0.1, 0.15) is 12.1 Å². The first-order chi connectivity index (χ1) is 8.06. The SMILES string of the molecule is Cn1c(CBr)c(Br)c(=O)n1C1=CCC(Cl)C=C1. The minimum atomic E-state index is -0.0501. The molecule has 1 aromatic heterocycles. The van der Waals surface area contributed by atoms with E-state index in [1.165, 1.54) is 0 Å². The summed E-state index contributed by atoms with van der Waals surface area (Å²) in [6, 6.07) is 0. The van der Waals surface area contributed by atoms with Crippen LogP contribution in [0.3, 0.4) is 0 Å². The molecule has 1 aliphatic carbocycles. The predicted molar refractivity (Wildman–Crippen MR) is 77.7 cm³/mol. The molecule has 0 spiro atoms. The molecule has 1 atom stereocenters. The number of nitrogens with zero attached hydrogens (tertiary/aromatic N) is 2. The summed E-state index contributed by atoms with van der Waals surface area (Å²) in [5.41, 5.74) is 1.73. The van der Waals surface area contributed by atoms with Gasteiger partial charge in [-0.05, 0) is 28.4 Å². The smallest absolute Gasteiger partial charge is 0.283 e. The Balaban J connectivity index is 2.54. The summed E-state index contributed by atoms with van der Waals surface area (Å²) in [5.74, 6) is 0. The van der Waals surface area contributed by atoms with Crippen LogP contribution in [0, 0.1) is 0 Å². The fourth-order valence-electron chi connectivity index (χ4n) is 1.79. The van der Waals surface area contributed by atoms with Crippen molar-refractivity contribution in [2.45, 2.75) is 17.1 Å². The first-order valence-corrected chi connectivity index (χ1v) is 7.46. The maximum absolute atomic E-state index is 12.1. The third-order valence-corrected chi connectivity index (χ3v) is 4.37. The minimum absolute atomic E-state index is 0.0220. The highest BCUT2D eigenvalue weighted by atomic mass is 79.9. The maximum atomic E-state index is 12.1. The van der Waals surface area contributed by atoms with Gasteiger partial charge >= 0.3 is 0 Å². The van der Waals surface area contributed by atoms with Crippen molar-refractivity contribution in [1.29, 1.82) is 0 Å². The van der Waals surface area contributed by atoms with Crippen molar-refractivity contribution in [2.75, 3.05) is 0 Å². The molecule has 0 fully saturated rings. The molecule has 0 aliphatic heterocycles. The van der Waals surface area contributed by atoms with Gasteiger partial charge in [0, 0.05) is 12.4 Å². The molecule has 92 valence electrons. The molecule has 1 unspecified atom stereocenters. The molecule has 0 aromatic carbocycles. The third kappa shape index (κ3) is 2.33. The molecule has 0 radical (unpaired) electrons. The van der Waals surface area contributed by atoms with Gasteiger partial charge in [-0.25, -0.2) is 4.68 Å². The lowest BCUT2D eigenvalue weighted by molar-refractivity contribution is 0.639. The number of hydrogen-bond acceptors (Lipinski definition) is 1. The number of halogens is 3. The van der Waals surface area contributed by atoms with E-state index in [-0.39, 0.29) is 10.9 Å². The fraction of sp³-hybridized carbons (Fsp3) is 0.364. The monoisotopic (exact) mass is 380 g/mol. The number of aromatic nitrogens is 2. The second kappa shape index (κ2) is 5.16. The van der Waals surface area contributed by atoms with Gasteiger partial charge in [0.25, 0.3) is 5.56 Å². The van der Waals surface area contributed by atoms with E-state index in [0.717, 1.165) is 17.8 Å². The minimum Gasteiger partial charge on any atom is -0.283 e. The van der Waals surface area contributed by atoms with E-state index in [2.05, 4.69) is 31.9 Å². The van der Waals surface area contributed by atoms with E-state index in [1.807, 2.05) is 30.0 Å². The summed E-state index contributed by atoms with van der Waals surface area (Å²) >= 11 is 12.7. The summed E-state index contributed by atoms with van der Waals surface area (Å²) in [5, 5.41) is 0.648. The molecule has 1 aromatic rings. The van der Waals surface area contributed by atoms with Crippen molar-refractivity contribution in [1.82, 2.24) is 9.36 Å². The van der Waals surface area contributed by atoms with Gasteiger partial charge in [-0.3, -0.25) is 9.48 Å². The zero-order valence-electron chi connectivity index (χ0n) is 9.16. The van der Waals surface area contributed by atoms with Crippen LogP contribution in [-0.4, -0.2) is 14.7 Å². The molecular weight excluding hydrogens is 371 g/mol. The molecule has 0 saturated heterocycles. The van der Waals surface area contributed by atoms with Gasteiger partial charge in [-0.15, -0.1) is 11.6 Å². The highest BCUT2D eigenvalue weighted by molar-refractivity contribution is 9.10. The van der Waals surface area contributed by atoms with E-state index in [1.54, 1.807) is 4.68 Å². The Labute approximate surface area is 121 Å². The average molecular weight is 382 g/mol. The van der Waals surface area contributed by atoms with Gasteiger partial charge in [0.05, 0.1) is 16.8 Å². The molecule has 0 bridgehead atoms. The molecule has 6 heteroatoms. The van der Waals surface area contributed by atoms with E-state index >= 15 is 0 Å². The zero-order valence-corrected chi connectivity index (χ0v) is 13.1. The summed E-state index contributed by atoms with van der Waals surface area (Å²) < 4.78 is 4.07. The molecule has 3 nitrogen and oxygen atoms in total. The van der Waals surface area contributed by atoms with Crippen molar-refractivity contribution < 1.29 is 0 Å². The standard InChI is InChI=1S/C11H11Br2ClN2O/c1-15-9(6-12)10(13)11(17)16(15)8-4-2-7(14)3-5-8/h2,4-5,7H,3,6H2,1H3. The van der Waals surface area contributed by atoms with Gasteiger partial charge in [-0.2, -0.15) is 0 Å². The van der Waals surface area contributed by atoms with Crippen molar-refractivity contribution in [3.8, 4) is 0 Å². The van der Waals surface area contributed by atoms with Gasteiger partial charge < -0.3 is 0 Å². The molecule has 0 amide bonds. The molecule has 0 N–H and O–H groups in total. The summed E-state index contributed by atoms with van der Waals surface area (Å²) in [6.45, 7) is 0. The van der Waals surface area contributed by atoms with Gasteiger partial charge in [-0.1, -0.05) is 28.1 Å². The molecule has 1 heterocycles. The molecule has 0 saturated carbocycles. The molecule has 2 rings (SSSR count). The van der Waals surface area contributed by atoms with E-state index in [4.69, 9.17) is 11.6 Å². The Morgan fingerprint density at radius 3 is 2.76 bits per heavy atom. The fourth-order valence-corrected chi connectivity index (χ4v) is 3.54. The lowest BCUT2D eigenvalue weighted by atomic mass is 10.1. The largest absolute Gasteiger partial charge is 0.286 e. The van der Waals surface area contributed by atoms with Crippen LogP contribution in [-0.2, 0) is 12.4 Å². The number of rotatable bonds is 2. The van der Waals surface area contributed by atoms with Crippen LogP contribution in [0.25, 0.3) is 5.70 Å². The highest BCUT2D eigenvalue weighted by Crippen LogP contribution is 2.21. The third-order valence-electron chi connectivity index (χ3n) is 2.72. The summed E-state index contributed by atoms with van der Waals surface area (Å²) in [4.78, 5) is 12.1. The Bertz CT molecular complexity index is 557. The van der Waals surface area contributed by atoms with E-state index in [0.29, 0.717) is 9.80 Å². The quantitative estimate of drug-likeness (QED) is 0.722. The van der Waals surface area contributed by atoms with Crippen LogP contribution < -0.4 is 5.56 Å². The second-order valence-corrected chi connectivity index (χ2v) is 5.69. The second-order valence-electron chi connectivity index (χ2n) is 3.77. The summed E-state index contributed by atoms with van der Waals surface area (Å²) in [7, 11) is 1.87. The average Bonchev–Trinajstić information content (AvgIpc) is 2.52. The van der Waals surface area contributed by atoms with Gasteiger partial charge in [0.1, 0.15) is 4.47 Å². The van der Waals surface area contributed by atoms with Crippen molar-refractivity contribution in [2.24, 2.45) is 7.05 Å². The normalized spacial score (nSPS) is 19.5. The van der Waals surface area contributed by atoms with Crippen LogP contribution in [0.4, 0.5) is 0 Å². The first-order valence-electron chi connectivity index (χ1n) is 5.11. The molecule has 17 heavy (non-hydrogen) atoms. The van der Waals surface area contributed by atoms with Crippen molar-refractivity contribution in [3.63, 3.8) is 0 Å². The van der Waals surface area contributed by atoms with Crippen LogP contribution >= 0.6 is 43.5 Å². The van der Waals surface area contributed by atoms with Crippen LogP contribution in [0.15, 0.2) is 27.5 Å². The number of alkyl halides is 2. The molecule has 1 aliphatic rings. The molecular formula is C11H11Br2ClN2O. The Hall–Kier alpha value is -0.260. The van der Waals surface area contributed by atoms with E-state index in [9.17, 15) is 4.79 Å². The first kappa shape index (κ1) is 13.2. The van der Waals surface area contributed by atoms with Crippen LogP contribution in [0.2, 0.25) is 0 Å². The van der Waals surface area contributed by atoms with Crippen LogP contribution in [0.5, 0.6) is 0 Å². The lowest BCUT2D eigenvalue weighted by Gasteiger charge is -2.14. The number of allylic oxidation sites excluding steroid dienone is 4. The Kier molecular flexibility index (Phi) is 4.00. The predicted octanol–water partition coefficient (Wildman–Crippen LogP) is 3.25. The topological polar surface area (TPSA) is 26.9 Å². The Morgan fingerprint density at radius 1 is 1.59 bits per heavy atom. The zero-order chi connectivity index (χ0) is 12.6. The van der Waals surface area contributed by atoms with E-state index < -0.39 is 0 Å². The highest BCUT2D eigenvalue weighted by Gasteiger charge is 2.17. The van der Waals surface area contributed by atoms with Crippen molar-refractivity contribution >= 4 is 49.2 Å². The van der Waals surface area contributed by atoms with Crippen molar-refractivity contribution in [3.05, 3.63) is 38.7 Å². The Morgan fingerprint density at radius 2 is 2.29 bits per heavy atom. The summed E-state index contributed by atoms with van der Waals surface area (Å²) in [6.07, 6.45) is 6.50. The number of hydrogen-bond donors (Lipinski definition) is 0. The lowest BCUT2D eigenvalue weighted by Crippen LogP contribution is -2.21. The van der Waals surface area contributed by atoms with Gasteiger partial charge in [0.2, 0.25) is 0 Å². The van der Waals surface area contributed by atoms with Gasteiger partial charge in [0.15, 0.2) is 0 Å². The maximum Gasteiger partial charge on any atom is 0.286 e.